The second-order valence-electron chi connectivity index (χ2n) is 6.42. The Morgan fingerprint density at radius 2 is 1.54 bits per heavy atom. The molecule has 3 aromatic carbocycles. The van der Waals surface area contributed by atoms with E-state index < -0.39 is 0 Å². The molecule has 0 saturated heterocycles. The fraction of sp³-hybridized carbons (Fsp3) is 0.130. The molecule has 0 aliphatic carbocycles. The van der Waals surface area contributed by atoms with Crippen LogP contribution in [0.3, 0.4) is 0 Å². The molecule has 5 heteroatoms. The smallest absolute Gasteiger partial charge is 0.277 e. The van der Waals surface area contributed by atoms with Crippen molar-refractivity contribution in [1.82, 2.24) is 9.55 Å². The van der Waals surface area contributed by atoms with Gasteiger partial charge in [-0.2, -0.15) is 0 Å². The number of methoxy groups -OCH3 is 2. The lowest BCUT2D eigenvalue weighted by atomic mass is 10.1. The van der Waals surface area contributed by atoms with Crippen molar-refractivity contribution in [2.24, 2.45) is 0 Å². The third kappa shape index (κ3) is 3.34. The van der Waals surface area contributed by atoms with Crippen molar-refractivity contribution in [3.8, 4) is 22.8 Å². The monoisotopic (exact) mass is 372 g/mol. The molecule has 0 aliphatic heterocycles. The van der Waals surface area contributed by atoms with Gasteiger partial charge in [0.2, 0.25) is 0 Å². The third-order valence-electron chi connectivity index (χ3n) is 4.70. The predicted octanol–water partition coefficient (Wildman–Crippen LogP) is 4.13. The zero-order chi connectivity index (χ0) is 19.5. The lowest BCUT2D eigenvalue weighted by Crippen LogP contribution is -2.24. The normalized spacial score (nSPS) is 10.8. The molecule has 28 heavy (non-hydrogen) atoms. The molecule has 0 atom stereocenters. The van der Waals surface area contributed by atoms with Gasteiger partial charge in [0.05, 0.1) is 31.8 Å². The molecule has 140 valence electrons. The number of fused-ring (bicyclic) bond motifs is 1. The van der Waals surface area contributed by atoms with E-state index in [-0.39, 0.29) is 5.56 Å². The molecule has 0 bridgehead atoms. The van der Waals surface area contributed by atoms with E-state index in [9.17, 15) is 4.79 Å². The lowest BCUT2D eigenvalue weighted by Gasteiger charge is -2.14. The molecule has 1 heterocycles. The topological polar surface area (TPSA) is 53.4 Å². The summed E-state index contributed by atoms with van der Waals surface area (Å²) in [6.07, 6.45) is 0. The van der Waals surface area contributed by atoms with Crippen LogP contribution in [0.4, 0.5) is 0 Å². The molecule has 0 unspecified atom stereocenters. The molecule has 0 radical (unpaired) electrons. The minimum absolute atomic E-state index is 0.136. The summed E-state index contributed by atoms with van der Waals surface area (Å²) in [4.78, 5) is 18.0. The van der Waals surface area contributed by atoms with E-state index in [2.05, 4.69) is 4.98 Å². The zero-order valence-corrected chi connectivity index (χ0v) is 15.8. The first-order valence-corrected chi connectivity index (χ1v) is 8.96. The molecule has 0 amide bonds. The quantitative estimate of drug-likeness (QED) is 0.529. The highest BCUT2D eigenvalue weighted by Gasteiger charge is 2.14. The van der Waals surface area contributed by atoms with Gasteiger partial charge in [0, 0.05) is 11.6 Å². The Bertz CT molecular complexity index is 1170. The maximum Gasteiger partial charge on any atom is 0.277 e. The third-order valence-corrected chi connectivity index (χ3v) is 4.70. The SMILES string of the molecule is COc1ccc(Cn2c(=O)c(-c3ccccc3)nc3ccc(OC)cc32)cc1. The highest BCUT2D eigenvalue weighted by Crippen LogP contribution is 2.23. The second kappa shape index (κ2) is 7.56. The van der Waals surface area contributed by atoms with E-state index in [4.69, 9.17) is 9.47 Å². The van der Waals surface area contributed by atoms with Crippen molar-refractivity contribution < 1.29 is 9.47 Å². The average Bonchev–Trinajstić information content (AvgIpc) is 2.76. The summed E-state index contributed by atoms with van der Waals surface area (Å²) in [5, 5.41) is 0. The van der Waals surface area contributed by atoms with Gasteiger partial charge in [-0.05, 0) is 29.8 Å². The highest BCUT2D eigenvalue weighted by molar-refractivity contribution is 5.79. The van der Waals surface area contributed by atoms with Crippen molar-refractivity contribution in [3.63, 3.8) is 0 Å². The van der Waals surface area contributed by atoms with Crippen molar-refractivity contribution >= 4 is 11.0 Å². The van der Waals surface area contributed by atoms with E-state index in [1.165, 1.54) is 0 Å². The first kappa shape index (κ1) is 17.8. The number of ether oxygens (including phenoxy) is 2. The van der Waals surface area contributed by atoms with Gasteiger partial charge in [-0.25, -0.2) is 4.98 Å². The van der Waals surface area contributed by atoms with Gasteiger partial charge in [0.25, 0.3) is 5.56 Å². The molecule has 4 rings (SSSR count). The van der Waals surface area contributed by atoms with Crippen LogP contribution in [0.5, 0.6) is 11.5 Å². The summed E-state index contributed by atoms with van der Waals surface area (Å²) in [6.45, 7) is 0.425. The Morgan fingerprint density at radius 3 is 2.21 bits per heavy atom. The molecule has 4 aromatic rings. The van der Waals surface area contributed by atoms with E-state index in [1.807, 2.05) is 72.8 Å². The van der Waals surface area contributed by atoms with Gasteiger partial charge in [-0.15, -0.1) is 0 Å². The first-order chi connectivity index (χ1) is 13.7. The second-order valence-corrected chi connectivity index (χ2v) is 6.42. The largest absolute Gasteiger partial charge is 0.497 e. The van der Waals surface area contributed by atoms with E-state index in [0.717, 1.165) is 27.9 Å². The minimum atomic E-state index is -0.136. The van der Waals surface area contributed by atoms with Crippen LogP contribution in [-0.4, -0.2) is 23.8 Å². The first-order valence-electron chi connectivity index (χ1n) is 8.96. The number of rotatable bonds is 5. The van der Waals surface area contributed by atoms with E-state index in [0.29, 0.717) is 18.0 Å². The van der Waals surface area contributed by atoms with Crippen molar-refractivity contribution in [3.05, 3.63) is 88.7 Å². The van der Waals surface area contributed by atoms with E-state index >= 15 is 0 Å². The fourth-order valence-electron chi connectivity index (χ4n) is 3.20. The van der Waals surface area contributed by atoms with Crippen molar-refractivity contribution in [2.75, 3.05) is 14.2 Å². The summed E-state index contributed by atoms with van der Waals surface area (Å²) >= 11 is 0. The van der Waals surface area contributed by atoms with Crippen LogP contribution in [0.1, 0.15) is 5.56 Å². The summed E-state index contributed by atoms with van der Waals surface area (Å²) in [5.41, 5.74) is 3.58. The Kier molecular flexibility index (Phi) is 4.81. The highest BCUT2D eigenvalue weighted by atomic mass is 16.5. The Morgan fingerprint density at radius 1 is 0.857 bits per heavy atom. The molecule has 1 aromatic heterocycles. The van der Waals surface area contributed by atoms with E-state index in [1.54, 1.807) is 18.8 Å². The van der Waals surface area contributed by atoms with Crippen LogP contribution >= 0.6 is 0 Å². The number of benzene rings is 3. The van der Waals surface area contributed by atoms with Gasteiger partial charge < -0.3 is 14.0 Å². The van der Waals surface area contributed by atoms with Crippen LogP contribution in [0.25, 0.3) is 22.3 Å². The van der Waals surface area contributed by atoms with Gasteiger partial charge >= 0.3 is 0 Å². The van der Waals surface area contributed by atoms with Crippen LogP contribution in [0.15, 0.2) is 77.6 Å². The van der Waals surface area contributed by atoms with Crippen LogP contribution in [0, 0.1) is 0 Å². The zero-order valence-electron chi connectivity index (χ0n) is 15.8. The average molecular weight is 372 g/mol. The molecule has 5 nitrogen and oxygen atoms in total. The lowest BCUT2D eigenvalue weighted by molar-refractivity contribution is 0.414. The van der Waals surface area contributed by atoms with Crippen molar-refractivity contribution in [2.45, 2.75) is 6.54 Å². The Hall–Kier alpha value is -3.60. The number of hydrogen-bond acceptors (Lipinski definition) is 4. The van der Waals surface area contributed by atoms with Gasteiger partial charge in [-0.1, -0.05) is 42.5 Å². The molecule has 0 aliphatic rings. The Labute approximate surface area is 162 Å². The van der Waals surface area contributed by atoms with Crippen LogP contribution in [0.2, 0.25) is 0 Å². The number of nitrogens with zero attached hydrogens (tertiary/aromatic N) is 2. The van der Waals surface area contributed by atoms with Gasteiger partial charge in [0.15, 0.2) is 0 Å². The maximum atomic E-state index is 13.3. The summed E-state index contributed by atoms with van der Waals surface area (Å²) in [5.74, 6) is 1.46. The molecular formula is C23H20N2O3. The maximum absolute atomic E-state index is 13.3. The fourth-order valence-corrected chi connectivity index (χ4v) is 3.20. The van der Waals surface area contributed by atoms with Crippen LogP contribution in [-0.2, 0) is 6.54 Å². The summed E-state index contributed by atoms with van der Waals surface area (Å²) in [6, 6.07) is 22.8. The molecule has 0 saturated carbocycles. The number of hydrogen-bond donors (Lipinski definition) is 0. The summed E-state index contributed by atoms with van der Waals surface area (Å²) in [7, 11) is 3.24. The minimum Gasteiger partial charge on any atom is -0.497 e. The van der Waals surface area contributed by atoms with Crippen molar-refractivity contribution in [1.29, 1.82) is 0 Å². The van der Waals surface area contributed by atoms with Gasteiger partial charge in [-0.3, -0.25) is 4.79 Å². The van der Waals surface area contributed by atoms with Crippen LogP contribution < -0.4 is 15.0 Å². The predicted molar refractivity (Wildman–Crippen MR) is 110 cm³/mol. The molecular weight excluding hydrogens is 352 g/mol. The standard InChI is InChI=1S/C23H20N2O3/c1-27-18-10-8-16(9-11-18)15-25-21-14-19(28-2)12-13-20(21)24-22(23(25)26)17-6-4-3-5-7-17/h3-14H,15H2,1-2H3. The molecule has 0 fully saturated rings. The summed E-state index contributed by atoms with van der Waals surface area (Å²) < 4.78 is 12.3. The molecule has 0 N–H and O–H groups in total. The number of aromatic nitrogens is 2. The van der Waals surface area contributed by atoms with Gasteiger partial charge in [0.1, 0.15) is 17.2 Å². The Balaban J connectivity index is 1.92. The molecule has 0 spiro atoms.